The first-order valence-corrected chi connectivity index (χ1v) is 5.03. The van der Waals surface area contributed by atoms with Crippen molar-refractivity contribution in [2.24, 2.45) is 0 Å². The van der Waals surface area contributed by atoms with Crippen molar-refractivity contribution in [1.29, 1.82) is 0 Å². The molecule has 2 rings (SSSR count). The summed E-state index contributed by atoms with van der Waals surface area (Å²) in [4.78, 5) is 10.9. The maximum absolute atomic E-state index is 10.9. The van der Waals surface area contributed by atoms with Crippen LogP contribution >= 0.6 is 0 Å². The van der Waals surface area contributed by atoms with Gasteiger partial charge in [-0.05, 0) is 31.9 Å². The average Bonchev–Trinajstić information content (AvgIpc) is 2.58. The number of fused-ring (bicyclic) bond motifs is 1. The Balaban J connectivity index is 2.75. The van der Waals surface area contributed by atoms with Gasteiger partial charge < -0.3 is 9.84 Å². The Kier molecular flexibility index (Phi) is 2.18. The summed E-state index contributed by atoms with van der Waals surface area (Å²) < 4.78 is 5.65. The summed E-state index contributed by atoms with van der Waals surface area (Å²) in [7, 11) is 0. The van der Waals surface area contributed by atoms with Gasteiger partial charge in [0.05, 0.1) is 5.56 Å². The molecule has 0 aromatic heterocycles. The van der Waals surface area contributed by atoms with E-state index in [1.54, 1.807) is 6.92 Å². The molecule has 0 aliphatic carbocycles. The van der Waals surface area contributed by atoms with E-state index >= 15 is 0 Å². The minimum Gasteiger partial charge on any atom is -0.507 e. The number of phenolic OH excluding ortho intramolecular Hbond substituents is 1. The molecule has 1 heterocycles. The molecule has 3 nitrogen and oxygen atoms in total. The van der Waals surface area contributed by atoms with E-state index in [9.17, 15) is 9.90 Å². The molecule has 0 bridgehead atoms. The Labute approximate surface area is 88.7 Å². The lowest BCUT2D eigenvalue weighted by molar-refractivity contribution is 0.112. The standard InChI is InChI=1S/C12H14O3/c1-6-4-9-10(5-13)11(14)7(2)8(3)12(9)15-6/h5-6,14H,4H2,1-3H3. The third-order valence-electron chi connectivity index (χ3n) is 3.04. The molecule has 1 atom stereocenters. The molecule has 1 N–H and O–H groups in total. The Hall–Kier alpha value is -1.51. The first kappa shape index (κ1) is 10.0. The predicted molar refractivity (Wildman–Crippen MR) is 56.8 cm³/mol. The molecule has 1 unspecified atom stereocenters. The summed E-state index contributed by atoms with van der Waals surface area (Å²) in [5.41, 5.74) is 2.89. The van der Waals surface area contributed by atoms with Gasteiger partial charge in [0.25, 0.3) is 0 Å². The highest BCUT2D eigenvalue weighted by Gasteiger charge is 2.27. The number of aldehydes is 1. The Morgan fingerprint density at radius 2 is 2.07 bits per heavy atom. The summed E-state index contributed by atoms with van der Waals surface area (Å²) in [6.07, 6.45) is 1.48. The third-order valence-corrected chi connectivity index (χ3v) is 3.04. The maximum atomic E-state index is 10.9. The maximum Gasteiger partial charge on any atom is 0.154 e. The van der Waals surface area contributed by atoms with Crippen molar-refractivity contribution in [2.45, 2.75) is 33.3 Å². The van der Waals surface area contributed by atoms with Crippen molar-refractivity contribution >= 4 is 6.29 Å². The number of carbonyl (C=O) groups is 1. The highest BCUT2D eigenvalue weighted by Crippen LogP contribution is 2.41. The smallest absolute Gasteiger partial charge is 0.154 e. The lowest BCUT2D eigenvalue weighted by Gasteiger charge is -2.12. The first-order chi connectivity index (χ1) is 7.06. The fraction of sp³-hybridized carbons (Fsp3) is 0.417. The second kappa shape index (κ2) is 3.26. The van der Waals surface area contributed by atoms with E-state index in [1.165, 1.54) is 0 Å². The molecule has 0 amide bonds. The van der Waals surface area contributed by atoms with E-state index in [0.717, 1.165) is 22.4 Å². The molecule has 0 spiro atoms. The second-order valence-electron chi connectivity index (χ2n) is 4.07. The molecule has 1 aromatic carbocycles. The number of carbonyl (C=O) groups excluding carboxylic acids is 1. The minimum absolute atomic E-state index is 0.0820. The van der Waals surface area contributed by atoms with Crippen molar-refractivity contribution in [3.8, 4) is 11.5 Å². The van der Waals surface area contributed by atoms with E-state index in [-0.39, 0.29) is 11.9 Å². The van der Waals surface area contributed by atoms with E-state index in [0.29, 0.717) is 18.3 Å². The fourth-order valence-electron chi connectivity index (χ4n) is 2.06. The first-order valence-electron chi connectivity index (χ1n) is 5.03. The largest absolute Gasteiger partial charge is 0.507 e. The van der Waals surface area contributed by atoms with Crippen LogP contribution in [0, 0.1) is 13.8 Å². The molecule has 0 saturated carbocycles. The van der Waals surface area contributed by atoms with Crippen molar-refractivity contribution in [3.63, 3.8) is 0 Å². The minimum atomic E-state index is 0.0820. The molecule has 15 heavy (non-hydrogen) atoms. The van der Waals surface area contributed by atoms with Gasteiger partial charge in [0.15, 0.2) is 6.29 Å². The van der Waals surface area contributed by atoms with Crippen LogP contribution in [-0.2, 0) is 6.42 Å². The molecular weight excluding hydrogens is 192 g/mol. The third kappa shape index (κ3) is 1.30. The molecule has 1 aliphatic heterocycles. The zero-order valence-corrected chi connectivity index (χ0v) is 9.13. The molecule has 1 aliphatic rings. The normalized spacial score (nSPS) is 18.5. The molecule has 3 heteroatoms. The molecule has 0 fully saturated rings. The molecular formula is C12H14O3. The van der Waals surface area contributed by atoms with Crippen molar-refractivity contribution in [2.75, 3.05) is 0 Å². The van der Waals surface area contributed by atoms with Gasteiger partial charge in [0.1, 0.15) is 17.6 Å². The molecule has 80 valence electrons. The Morgan fingerprint density at radius 1 is 1.40 bits per heavy atom. The van der Waals surface area contributed by atoms with Gasteiger partial charge >= 0.3 is 0 Å². The van der Waals surface area contributed by atoms with Crippen LogP contribution in [0.25, 0.3) is 0 Å². The van der Waals surface area contributed by atoms with Crippen LogP contribution in [0.3, 0.4) is 0 Å². The predicted octanol–water partition coefficient (Wildman–Crippen LogP) is 2.14. The van der Waals surface area contributed by atoms with Gasteiger partial charge in [-0.1, -0.05) is 0 Å². The van der Waals surface area contributed by atoms with Crippen LogP contribution in [-0.4, -0.2) is 17.5 Å². The van der Waals surface area contributed by atoms with E-state index < -0.39 is 0 Å². The van der Waals surface area contributed by atoms with Crippen LogP contribution in [0.15, 0.2) is 0 Å². The van der Waals surface area contributed by atoms with Crippen LogP contribution < -0.4 is 4.74 Å². The summed E-state index contributed by atoms with van der Waals surface area (Å²) >= 11 is 0. The van der Waals surface area contributed by atoms with Crippen molar-refractivity contribution in [1.82, 2.24) is 0 Å². The van der Waals surface area contributed by atoms with E-state index in [2.05, 4.69) is 0 Å². The number of ether oxygens (including phenoxy) is 1. The van der Waals surface area contributed by atoms with Crippen LogP contribution in [0.2, 0.25) is 0 Å². The average molecular weight is 206 g/mol. The number of benzene rings is 1. The highest BCUT2D eigenvalue weighted by molar-refractivity contribution is 5.85. The van der Waals surface area contributed by atoms with Crippen LogP contribution in [0.4, 0.5) is 0 Å². The zero-order chi connectivity index (χ0) is 11.2. The zero-order valence-electron chi connectivity index (χ0n) is 9.13. The second-order valence-corrected chi connectivity index (χ2v) is 4.07. The number of hydrogen-bond acceptors (Lipinski definition) is 3. The Bertz CT molecular complexity index is 435. The van der Waals surface area contributed by atoms with Gasteiger partial charge in [-0.15, -0.1) is 0 Å². The van der Waals surface area contributed by atoms with Gasteiger partial charge in [-0.2, -0.15) is 0 Å². The van der Waals surface area contributed by atoms with E-state index in [1.807, 2.05) is 13.8 Å². The number of phenols is 1. The summed E-state index contributed by atoms with van der Waals surface area (Å²) in [6.45, 7) is 5.66. The van der Waals surface area contributed by atoms with Gasteiger partial charge in [-0.3, -0.25) is 4.79 Å². The van der Waals surface area contributed by atoms with Crippen LogP contribution in [0.1, 0.15) is 34.0 Å². The number of rotatable bonds is 1. The quantitative estimate of drug-likeness (QED) is 0.716. The van der Waals surface area contributed by atoms with Crippen molar-refractivity contribution < 1.29 is 14.6 Å². The Morgan fingerprint density at radius 3 is 2.67 bits per heavy atom. The highest BCUT2D eigenvalue weighted by atomic mass is 16.5. The molecule has 0 saturated heterocycles. The van der Waals surface area contributed by atoms with E-state index in [4.69, 9.17) is 4.74 Å². The lowest BCUT2D eigenvalue weighted by Crippen LogP contribution is -2.05. The fourth-order valence-corrected chi connectivity index (χ4v) is 2.06. The van der Waals surface area contributed by atoms with Gasteiger partial charge in [-0.25, -0.2) is 0 Å². The van der Waals surface area contributed by atoms with Crippen molar-refractivity contribution in [3.05, 3.63) is 22.3 Å². The monoisotopic (exact) mass is 206 g/mol. The number of aromatic hydroxyl groups is 1. The SMILES string of the molecule is Cc1c(C)c2c(c(C=O)c1O)CC(C)O2. The molecule has 0 radical (unpaired) electrons. The summed E-state index contributed by atoms with van der Waals surface area (Å²) in [5.74, 6) is 0.874. The van der Waals surface area contributed by atoms with Gasteiger partial charge in [0, 0.05) is 12.0 Å². The molecule has 1 aromatic rings. The summed E-state index contributed by atoms with van der Waals surface area (Å²) in [6, 6.07) is 0. The topological polar surface area (TPSA) is 46.5 Å². The lowest BCUT2D eigenvalue weighted by atomic mass is 9.96. The van der Waals surface area contributed by atoms with Crippen LogP contribution in [0.5, 0.6) is 11.5 Å². The van der Waals surface area contributed by atoms with Gasteiger partial charge in [0.2, 0.25) is 0 Å². The number of hydrogen-bond donors (Lipinski definition) is 1. The summed E-state index contributed by atoms with van der Waals surface area (Å²) in [5, 5.41) is 9.84.